The Kier molecular flexibility index (Phi) is 5.43. The maximum absolute atomic E-state index is 13.0. The van der Waals surface area contributed by atoms with E-state index in [0.717, 1.165) is 9.47 Å². The van der Waals surface area contributed by atoms with Gasteiger partial charge < -0.3 is 15.4 Å². The van der Waals surface area contributed by atoms with Crippen LogP contribution in [0.15, 0.2) is 46.1 Å². The first-order valence-electron chi connectivity index (χ1n) is 10.2. The zero-order chi connectivity index (χ0) is 24.8. The standard InChI is InChI=1S/C22H22N6O6/c1-22(12-5-7-14(34-4)8-6-12)19(31)28(20(32)25-22)11-16(29)24-13-9-15-17(23-10-13)26(2)21(33)27(3)18(15)30/h5-10H,11H2,1-4H3,(H,24,29)(H,25,32). The lowest BCUT2D eigenvalue weighted by Gasteiger charge is -2.22. The molecule has 1 saturated heterocycles. The maximum atomic E-state index is 13.0. The van der Waals surface area contributed by atoms with E-state index in [1.54, 1.807) is 31.2 Å². The highest BCUT2D eigenvalue weighted by Gasteiger charge is 2.49. The second kappa shape index (κ2) is 8.14. The summed E-state index contributed by atoms with van der Waals surface area (Å²) in [6.45, 7) is 1.01. The third-order valence-corrected chi connectivity index (χ3v) is 5.82. The van der Waals surface area contributed by atoms with Gasteiger partial charge in [0.15, 0.2) is 0 Å². The Labute approximate surface area is 192 Å². The van der Waals surface area contributed by atoms with Crippen LogP contribution in [0.2, 0.25) is 0 Å². The number of hydrogen-bond donors (Lipinski definition) is 2. The van der Waals surface area contributed by atoms with E-state index in [4.69, 9.17) is 4.74 Å². The van der Waals surface area contributed by atoms with E-state index < -0.39 is 41.2 Å². The number of urea groups is 1. The molecule has 1 aromatic carbocycles. The summed E-state index contributed by atoms with van der Waals surface area (Å²) in [5, 5.41) is 5.30. The molecule has 0 saturated carbocycles. The Balaban J connectivity index is 1.54. The van der Waals surface area contributed by atoms with Crippen molar-refractivity contribution in [1.82, 2.24) is 24.3 Å². The van der Waals surface area contributed by atoms with Gasteiger partial charge in [-0.2, -0.15) is 0 Å². The molecule has 0 bridgehead atoms. The van der Waals surface area contributed by atoms with Gasteiger partial charge >= 0.3 is 11.7 Å². The van der Waals surface area contributed by atoms with E-state index in [1.165, 1.54) is 38.0 Å². The van der Waals surface area contributed by atoms with E-state index in [0.29, 0.717) is 11.3 Å². The Hall–Kier alpha value is -4.48. The number of methoxy groups -OCH3 is 1. The lowest BCUT2D eigenvalue weighted by Crippen LogP contribution is -2.42. The van der Waals surface area contributed by atoms with E-state index in [-0.39, 0.29) is 16.7 Å². The highest BCUT2D eigenvalue weighted by Crippen LogP contribution is 2.30. The number of fused-ring (bicyclic) bond motifs is 1. The molecular formula is C22H22N6O6. The van der Waals surface area contributed by atoms with Crippen molar-refractivity contribution in [3.63, 3.8) is 0 Å². The molecule has 0 radical (unpaired) electrons. The monoisotopic (exact) mass is 466 g/mol. The number of hydrogen-bond acceptors (Lipinski definition) is 7. The minimum absolute atomic E-state index is 0.129. The molecule has 12 nitrogen and oxygen atoms in total. The molecule has 1 aliphatic heterocycles. The second-order valence-corrected chi connectivity index (χ2v) is 8.02. The van der Waals surface area contributed by atoms with Gasteiger partial charge in [-0.1, -0.05) is 12.1 Å². The van der Waals surface area contributed by atoms with E-state index in [2.05, 4.69) is 15.6 Å². The van der Waals surface area contributed by atoms with E-state index >= 15 is 0 Å². The highest BCUT2D eigenvalue weighted by atomic mass is 16.5. The number of aryl methyl sites for hydroxylation is 1. The number of amides is 4. The van der Waals surface area contributed by atoms with Gasteiger partial charge in [-0.3, -0.25) is 28.4 Å². The fourth-order valence-corrected chi connectivity index (χ4v) is 3.84. The number of benzene rings is 1. The predicted molar refractivity (Wildman–Crippen MR) is 121 cm³/mol. The average molecular weight is 466 g/mol. The van der Waals surface area contributed by atoms with Crippen LogP contribution in [0.4, 0.5) is 10.5 Å². The van der Waals surface area contributed by atoms with Gasteiger partial charge in [0.1, 0.15) is 23.5 Å². The van der Waals surface area contributed by atoms with Crippen LogP contribution < -0.4 is 26.6 Å². The summed E-state index contributed by atoms with van der Waals surface area (Å²) in [4.78, 5) is 67.6. The van der Waals surface area contributed by atoms with Gasteiger partial charge in [-0.05, 0) is 30.7 Å². The van der Waals surface area contributed by atoms with Crippen molar-refractivity contribution in [3.05, 3.63) is 62.9 Å². The van der Waals surface area contributed by atoms with Crippen molar-refractivity contribution >= 4 is 34.6 Å². The zero-order valence-electron chi connectivity index (χ0n) is 18.9. The fraction of sp³-hybridized carbons (Fsp3) is 0.273. The minimum Gasteiger partial charge on any atom is -0.497 e. The molecule has 1 atom stereocenters. The van der Waals surface area contributed by atoms with Crippen LogP contribution >= 0.6 is 0 Å². The van der Waals surface area contributed by atoms with Crippen LogP contribution in [-0.4, -0.2) is 50.5 Å². The van der Waals surface area contributed by atoms with Gasteiger partial charge in [0, 0.05) is 14.1 Å². The number of imide groups is 1. The van der Waals surface area contributed by atoms with Crippen LogP contribution in [0.3, 0.4) is 0 Å². The first-order valence-corrected chi connectivity index (χ1v) is 10.2. The third kappa shape index (κ3) is 3.58. The molecule has 1 fully saturated rings. The lowest BCUT2D eigenvalue weighted by molar-refractivity contribution is -0.133. The smallest absolute Gasteiger partial charge is 0.332 e. The van der Waals surface area contributed by atoms with Crippen LogP contribution in [0.5, 0.6) is 5.75 Å². The number of nitrogens with one attached hydrogen (secondary N) is 2. The van der Waals surface area contributed by atoms with Crippen LogP contribution in [-0.2, 0) is 29.2 Å². The number of carbonyl (C=O) groups excluding carboxylic acids is 3. The number of pyridine rings is 1. The Morgan fingerprint density at radius 1 is 1.12 bits per heavy atom. The molecule has 2 aromatic heterocycles. The SMILES string of the molecule is COc1ccc(C2(C)NC(=O)N(CC(=O)Nc3cnc4c(c3)c(=O)n(C)c(=O)n4C)C2=O)cc1. The van der Waals surface area contributed by atoms with Gasteiger partial charge in [0.2, 0.25) is 5.91 Å². The largest absolute Gasteiger partial charge is 0.497 e. The molecule has 2 N–H and O–H groups in total. The predicted octanol–water partition coefficient (Wildman–Crippen LogP) is 0.0465. The first kappa shape index (κ1) is 22.7. The fourth-order valence-electron chi connectivity index (χ4n) is 3.84. The van der Waals surface area contributed by atoms with Crippen LogP contribution in [0.25, 0.3) is 11.0 Å². The van der Waals surface area contributed by atoms with E-state index in [1.807, 2.05) is 0 Å². The number of rotatable bonds is 5. The summed E-state index contributed by atoms with van der Waals surface area (Å²) in [5.41, 5.74) is -1.56. The number of ether oxygens (including phenoxy) is 1. The topological polar surface area (TPSA) is 145 Å². The Morgan fingerprint density at radius 3 is 2.44 bits per heavy atom. The van der Waals surface area contributed by atoms with Crippen molar-refractivity contribution in [1.29, 1.82) is 0 Å². The van der Waals surface area contributed by atoms with Crippen molar-refractivity contribution in [2.45, 2.75) is 12.5 Å². The summed E-state index contributed by atoms with van der Waals surface area (Å²) in [6.07, 6.45) is 1.28. The van der Waals surface area contributed by atoms with Crippen molar-refractivity contribution in [2.75, 3.05) is 19.0 Å². The summed E-state index contributed by atoms with van der Waals surface area (Å²) < 4.78 is 7.27. The minimum atomic E-state index is -1.34. The van der Waals surface area contributed by atoms with Gasteiger partial charge in [-0.25, -0.2) is 14.6 Å². The molecular weight excluding hydrogens is 444 g/mol. The molecule has 1 aliphatic rings. The normalized spacial score (nSPS) is 17.7. The third-order valence-electron chi connectivity index (χ3n) is 5.82. The molecule has 3 heterocycles. The molecule has 3 aromatic rings. The van der Waals surface area contributed by atoms with Gasteiger partial charge in [-0.15, -0.1) is 0 Å². The van der Waals surface area contributed by atoms with Crippen molar-refractivity contribution in [3.8, 4) is 5.75 Å². The molecule has 12 heteroatoms. The highest BCUT2D eigenvalue weighted by molar-refractivity contribution is 6.10. The lowest BCUT2D eigenvalue weighted by atomic mass is 9.92. The number of anilines is 1. The Bertz CT molecular complexity index is 1460. The van der Waals surface area contributed by atoms with Crippen LogP contribution in [0.1, 0.15) is 12.5 Å². The van der Waals surface area contributed by atoms with E-state index in [9.17, 15) is 24.0 Å². The zero-order valence-corrected chi connectivity index (χ0v) is 18.9. The van der Waals surface area contributed by atoms with Crippen molar-refractivity contribution < 1.29 is 19.1 Å². The summed E-state index contributed by atoms with van der Waals surface area (Å²) >= 11 is 0. The maximum Gasteiger partial charge on any atom is 0.332 e. The van der Waals surface area contributed by atoms with Gasteiger partial charge in [0.25, 0.3) is 11.5 Å². The van der Waals surface area contributed by atoms with Crippen molar-refractivity contribution in [2.24, 2.45) is 14.1 Å². The molecule has 0 spiro atoms. The first-order chi connectivity index (χ1) is 16.1. The van der Waals surface area contributed by atoms with Gasteiger partial charge in [0.05, 0.1) is 24.4 Å². The second-order valence-electron chi connectivity index (χ2n) is 8.02. The molecule has 34 heavy (non-hydrogen) atoms. The number of carbonyl (C=O) groups is 3. The summed E-state index contributed by atoms with van der Waals surface area (Å²) in [6, 6.07) is 7.34. The quantitative estimate of drug-likeness (QED) is 0.505. The van der Waals surface area contributed by atoms with Crippen LogP contribution in [0, 0.1) is 0 Å². The average Bonchev–Trinajstić information content (AvgIpc) is 3.05. The number of nitrogens with zero attached hydrogens (tertiary/aromatic N) is 4. The molecule has 4 rings (SSSR count). The number of aromatic nitrogens is 3. The molecule has 176 valence electrons. The molecule has 1 unspecified atom stereocenters. The Morgan fingerprint density at radius 2 is 1.79 bits per heavy atom. The summed E-state index contributed by atoms with van der Waals surface area (Å²) in [5.74, 6) is -0.650. The summed E-state index contributed by atoms with van der Waals surface area (Å²) in [7, 11) is 4.34. The molecule has 0 aliphatic carbocycles. The molecule has 4 amide bonds.